The minimum absolute atomic E-state index is 0.0785. The van der Waals surface area contributed by atoms with Gasteiger partial charge in [0, 0.05) is 37.4 Å². The van der Waals surface area contributed by atoms with E-state index < -0.39 is 11.7 Å². The molecule has 4 nitrogen and oxygen atoms in total. The highest BCUT2D eigenvalue weighted by Gasteiger charge is 2.31. The number of halogens is 3. The Kier molecular flexibility index (Phi) is 8.18. The van der Waals surface area contributed by atoms with Crippen molar-refractivity contribution in [1.82, 2.24) is 9.80 Å². The predicted molar refractivity (Wildman–Crippen MR) is 121 cm³/mol. The lowest BCUT2D eigenvalue weighted by Crippen LogP contribution is -2.50. The zero-order valence-corrected chi connectivity index (χ0v) is 18.7. The molecule has 1 fully saturated rings. The van der Waals surface area contributed by atoms with Crippen molar-refractivity contribution in [2.45, 2.75) is 64.3 Å². The van der Waals surface area contributed by atoms with Crippen LogP contribution >= 0.6 is 0 Å². The molecule has 3 rings (SSSR count). The second-order valence-electron chi connectivity index (χ2n) is 8.52. The summed E-state index contributed by atoms with van der Waals surface area (Å²) in [5.74, 6) is 0. The van der Waals surface area contributed by atoms with E-state index in [9.17, 15) is 18.0 Å². The fourth-order valence-corrected chi connectivity index (χ4v) is 4.32. The average molecular weight is 448 g/mol. The largest absolute Gasteiger partial charge is 0.416 e. The van der Waals surface area contributed by atoms with E-state index in [4.69, 9.17) is 0 Å². The first kappa shape index (κ1) is 24.1. The molecule has 0 spiro atoms. The summed E-state index contributed by atoms with van der Waals surface area (Å²) < 4.78 is 38.5. The van der Waals surface area contributed by atoms with Gasteiger partial charge in [0.1, 0.15) is 0 Å². The molecule has 1 saturated heterocycles. The SMILES string of the molecule is CCCC(C)N1CCC(N(Cc2ccccc2)C(=O)Nc2ccc(C(F)(F)F)cc2)CC1. The summed E-state index contributed by atoms with van der Waals surface area (Å²) in [5, 5.41) is 2.80. The number of nitrogens with zero attached hydrogens (tertiary/aromatic N) is 2. The number of piperidine rings is 1. The van der Waals surface area contributed by atoms with Gasteiger partial charge in [-0.1, -0.05) is 43.7 Å². The standard InChI is InChI=1S/C25H32F3N3O/c1-3-7-19(2)30-16-14-23(15-17-30)31(18-20-8-5-4-6-9-20)24(32)29-22-12-10-21(11-13-22)25(26,27)28/h4-6,8-13,19,23H,3,7,14-18H2,1-2H3,(H,29,32). The summed E-state index contributed by atoms with van der Waals surface area (Å²) in [7, 11) is 0. The first-order valence-electron chi connectivity index (χ1n) is 11.3. The van der Waals surface area contributed by atoms with Crippen molar-refractivity contribution in [2.24, 2.45) is 0 Å². The average Bonchev–Trinajstić information content (AvgIpc) is 2.78. The molecule has 1 N–H and O–H groups in total. The molecule has 1 aliphatic rings. The molecule has 1 aliphatic heterocycles. The molecule has 0 saturated carbocycles. The fraction of sp³-hybridized carbons (Fsp3) is 0.480. The molecule has 7 heteroatoms. The van der Waals surface area contributed by atoms with Gasteiger partial charge in [0.2, 0.25) is 0 Å². The molecule has 2 aromatic carbocycles. The van der Waals surface area contributed by atoms with Crippen LogP contribution in [0.15, 0.2) is 54.6 Å². The van der Waals surface area contributed by atoms with Gasteiger partial charge in [-0.25, -0.2) is 4.79 Å². The fourth-order valence-electron chi connectivity index (χ4n) is 4.32. The molecule has 0 radical (unpaired) electrons. The normalized spacial score (nSPS) is 16.5. The summed E-state index contributed by atoms with van der Waals surface area (Å²) >= 11 is 0. The Morgan fingerprint density at radius 3 is 2.28 bits per heavy atom. The first-order valence-corrected chi connectivity index (χ1v) is 11.3. The Morgan fingerprint density at radius 2 is 1.72 bits per heavy atom. The molecule has 1 atom stereocenters. The van der Waals surface area contributed by atoms with Crippen LogP contribution in [0, 0.1) is 0 Å². The molecule has 1 heterocycles. The van der Waals surface area contributed by atoms with Crippen molar-refractivity contribution in [3.05, 3.63) is 65.7 Å². The van der Waals surface area contributed by atoms with E-state index in [0.717, 1.165) is 56.5 Å². The quantitative estimate of drug-likeness (QED) is 0.534. The molecule has 32 heavy (non-hydrogen) atoms. The molecule has 0 aliphatic carbocycles. The molecule has 0 aromatic heterocycles. The number of hydrogen-bond donors (Lipinski definition) is 1. The Morgan fingerprint density at radius 1 is 1.09 bits per heavy atom. The van der Waals surface area contributed by atoms with E-state index in [1.807, 2.05) is 35.2 Å². The lowest BCUT2D eigenvalue weighted by Gasteiger charge is -2.40. The number of carbonyl (C=O) groups is 1. The highest BCUT2D eigenvalue weighted by atomic mass is 19.4. The van der Waals surface area contributed by atoms with Crippen LogP contribution in [0.3, 0.4) is 0 Å². The Hall–Kier alpha value is -2.54. The summed E-state index contributed by atoms with van der Waals surface area (Å²) in [6, 6.07) is 14.7. The van der Waals surface area contributed by atoms with Gasteiger partial charge < -0.3 is 15.1 Å². The van der Waals surface area contributed by atoms with Gasteiger partial charge in [0.25, 0.3) is 0 Å². The van der Waals surface area contributed by atoms with Crippen molar-refractivity contribution in [3.63, 3.8) is 0 Å². The maximum absolute atomic E-state index is 13.2. The van der Waals surface area contributed by atoms with E-state index in [-0.39, 0.29) is 12.1 Å². The Labute approximate surface area is 188 Å². The molecule has 1 unspecified atom stereocenters. The highest BCUT2D eigenvalue weighted by Crippen LogP contribution is 2.30. The number of hydrogen-bond acceptors (Lipinski definition) is 2. The lowest BCUT2D eigenvalue weighted by atomic mass is 10.00. The number of amides is 2. The van der Waals surface area contributed by atoms with Crippen molar-refractivity contribution < 1.29 is 18.0 Å². The number of benzene rings is 2. The molecule has 2 amide bonds. The maximum Gasteiger partial charge on any atom is 0.416 e. The Balaban J connectivity index is 1.71. The number of anilines is 1. The number of urea groups is 1. The topological polar surface area (TPSA) is 35.6 Å². The molecular formula is C25H32F3N3O. The van der Waals surface area contributed by atoms with Crippen LogP contribution in [0.1, 0.15) is 50.7 Å². The number of likely N-dealkylation sites (tertiary alicyclic amines) is 1. The first-order chi connectivity index (χ1) is 15.3. The molecule has 0 bridgehead atoms. The van der Waals surface area contributed by atoms with Crippen LogP contribution in [-0.4, -0.2) is 41.0 Å². The van der Waals surface area contributed by atoms with Gasteiger partial charge in [-0.15, -0.1) is 0 Å². The summed E-state index contributed by atoms with van der Waals surface area (Å²) in [5.41, 5.74) is 0.650. The van der Waals surface area contributed by atoms with Crippen molar-refractivity contribution >= 4 is 11.7 Å². The van der Waals surface area contributed by atoms with Crippen LogP contribution in [-0.2, 0) is 12.7 Å². The summed E-state index contributed by atoms with van der Waals surface area (Å²) in [4.78, 5) is 17.5. The van der Waals surface area contributed by atoms with Gasteiger partial charge in [-0.2, -0.15) is 13.2 Å². The zero-order valence-electron chi connectivity index (χ0n) is 18.7. The van der Waals surface area contributed by atoms with Gasteiger partial charge in [0.15, 0.2) is 0 Å². The molecular weight excluding hydrogens is 415 g/mol. The third-order valence-electron chi connectivity index (χ3n) is 6.19. The van der Waals surface area contributed by atoms with Crippen LogP contribution in [0.2, 0.25) is 0 Å². The van der Waals surface area contributed by atoms with E-state index >= 15 is 0 Å². The van der Waals surface area contributed by atoms with Crippen LogP contribution < -0.4 is 5.32 Å². The van der Waals surface area contributed by atoms with E-state index in [0.29, 0.717) is 18.3 Å². The van der Waals surface area contributed by atoms with Crippen molar-refractivity contribution in [2.75, 3.05) is 18.4 Å². The third-order valence-corrected chi connectivity index (χ3v) is 6.19. The second-order valence-corrected chi connectivity index (χ2v) is 8.52. The maximum atomic E-state index is 13.2. The zero-order chi connectivity index (χ0) is 23.1. The minimum atomic E-state index is -4.40. The van der Waals surface area contributed by atoms with Gasteiger partial charge in [-0.05, 0) is 56.0 Å². The third kappa shape index (κ3) is 6.48. The van der Waals surface area contributed by atoms with Gasteiger partial charge in [-0.3, -0.25) is 0 Å². The predicted octanol–water partition coefficient (Wildman–Crippen LogP) is 6.39. The second kappa shape index (κ2) is 10.9. The summed E-state index contributed by atoms with van der Waals surface area (Å²) in [6.45, 7) is 6.77. The number of carbonyl (C=O) groups excluding carboxylic acids is 1. The lowest BCUT2D eigenvalue weighted by molar-refractivity contribution is -0.137. The monoisotopic (exact) mass is 447 g/mol. The minimum Gasteiger partial charge on any atom is -0.317 e. The number of nitrogens with one attached hydrogen (secondary N) is 1. The van der Waals surface area contributed by atoms with Crippen LogP contribution in [0.4, 0.5) is 23.7 Å². The van der Waals surface area contributed by atoms with E-state index in [1.165, 1.54) is 12.1 Å². The number of rotatable bonds is 7. The van der Waals surface area contributed by atoms with Crippen molar-refractivity contribution in [3.8, 4) is 0 Å². The highest BCUT2D eigenvalue weighted by molar-refractivity contribution is 5.89. The van der Waals surface area contributed by atoms with E-state index in [2.05, 4.69) is 24.1 Å². The van der Waals surface area contributed by atoms with Crippen LogP contribution in [0.5, 0.6) is 0 Å². The van der Waals surface area contributed by atoms with Gasteiger partial charge >= 0.3 is 12.2 Å². The van der Waals surface area contributed by atoms with E-state index in [1.54, 1.807) is 0 Å². The smallest absolute Gasteiger partial charge is 0.317 e. The number of alkyl halides is 3. The van der Waals surface area contributed by atoms with Crippen LogP contribution in [0.25, 0.3) is 0 Å². The van der Waals surface area contributed by atoms with Gasteiger partial charge in [0.05, 0.1) is 5.56 Å². The Bertz CT molecular complexity index is 847. The van der Waals surface area contributed by atoms with Crippen molar-refractivity contribution in [1.29, 1.82) is 0 Å². The summed E-state index contributed by atoms with van der Waals surface area (Å²) in [6.07, 6.45) is -0.336. The molecule has 174 valence electrons. The molecule has 2 aromatic rings.